The molecule has 0 rings (SSSR count). The van der Waals surface area contributed by atoms with Gasteiger partial charge in [0.15, 0.2) is 0 Å². The Bertz CT molecular complexity index is 228. The average Bonchev–Trinajstić information content (AvgIpc) is 2.50. The van der Waals surface area contributed by atoms with Crippen LogP contribution in [-0.2, 0) is 28.5 Å². The summed E-state index contributed by atoms with van der Waals surface area (Å²) < 4.78 is 26.3. The maximum atomic E-state index is 10.8. The zero-order valence-electron chi connectivity index (χ0n) is 13.2. The van der Waals surface area contributed by atoms with E-state index in [2.05, 4.69) is 5.32 Å². The Kier molecular flexibility index (Phi) is 16.7. The summed E-state index contributed by atoms with van der Waals surface area (Å²) in [6.45, 7) is 7.26. The van der Waals surface area contributed by atoms with Crippen molar-refractivity contribution in [2.45, 2.75) is 13.3 Å². The number of hydrogen-bond donors (Lipinski definition) is 1. The molecular formula is C14H29NO6. The summed E-state index contributed by atoms with van der Waals surface area (Å²) >= 11 is 0. The molecule has 7 nitrogen and oxygen atoms in total. The number of ether oxygens (including phenoxy) is 5. The van der Waals surface area contributed by atoms with Gasteiger partial charge in [-0.3, -0.25) is 4.79 Å². The number of rotatable bonds is 16. The monoisotopic (exact) mass is 307 g/mol. The van der Waals surface area contributed by atoms with E-state index in [-0.39, 0.29) is 12.5 Å². The highest BCUT2D eigenvalue weighted by atomic mass is 16.6. The molecule has 0 aliphatic rings. The van der Waals surface area contributed by atoms with Gasteiger partial charge in [0.1, 0.15) is 6.61 Å². The second-order valence-electron chi connectivity index (χ2n) is 4.11. The third kappa shape index (κ3) is 17.2. The molecular weight excluding hydrogens is 278 g/mol. The van der Waals surface area contributed by atoms with Crippen molar-refractivity contribution in [3.05, 3.63) is 0 Å². The minimum atomic E-state index is -0.139. The molecule has 0 aliphatic carbocycles. The molecule has 1 amide bonds. The first kappa shape index (κ1) is 20.3. The molecule has 0 atom stereocenters. The summed E-state index contributed by atoms with van der Waals surface area (Å²) in [5.41, 5.74) is 0. The van der Waals surface area contributed by atoms with Crippen molar-refractivity contribution in [1.82, 2.24) is 5.32 Å². The predicted octanol–water partition coefficient (Wildman–Crippen LogP) is 0.225. The van der Waals surface area contributed by atoms with Crippen molar-refractivity contribution in [2.24, 2.45) is 0 Å². The Balaban J connectivity index is 2.98. The maximum Gasteiger partial charge on any atom is 0.245 e. The van der Waals surface area contributed by atoms with Gasteiger partial charge in [0, 0.05) is 26.9 Å². The highest BCUT2D eigenvalue weighted by Gasteiger charge is 1.97. The molecule has 0 aromatic carbocycles. The van der Waals surface area contributed by atoms with Crippen molar-refractivity contribution >= 4 is 5.91 Å². The van der Waals surface area contributed by atoms with Gasteiger partial charge in [0.05, 0.1) is 39.6 Å². The number of nitrogens with one attached hydrogen (secondary N) is 1. The lowest BCUT2D eigenvalue weighted by molar-refractivity contribution is -0.125. The van der Waals surface area contributed by atoms with E-state index in [0.29, 0.717) is 46.2 Å². The molecule has 0 fully saturated rings. The Morgan fingerprint density at radius 1 is 0.762 bits per heavy atom. The molecule has 0 aromatic heterocycles. The molecule has 0 aliphatic heterocycles. The van der Waals surface area contributed by atoms with Crippen LogP contribution >= 0.6 is 0 Å². The Morgan fingerprint density at radius 3 is 1.76 bits per heavy atom. The molecule has 0 heterocycles. The van der Waals surface area contributed by atoms with Crippen LogP contribution in [0.4, 0.5) is 0 Å². The molecule has 7 heteroatoms. The fraction of sp³-hybridized carbons (Fsp3) is 0.929. The smallest absolute Gasteiger partial charge is 0.245 e. The number of likely N-dealkylation sites (N-methyl/N-ethyl adjacent to an activating group) is 1. The van der Waals surface area contributed by atoms with Crippen LogP contribution < -0.4 is 5.32 Å². The fourth-order valence-electron chi connectivity index (χ4n) is 1.30. The lowest BCUT2D eigenvalue weighted by Gasteiger charge is -2.07. The highest BCUT2D eigenvalue weighted by molar-refractivity contribution is 5.76. The third-order valence-corrected chi connectivity index (χ3v) is 2.41. The first-order valence-electron chi connectivity index (χ1n) is 7.40. The van der Waals surface area contributed by atoms with Gasteiger partial charge in [-0.15, -0.1) is 0 Å². The minimum Gasteiger partial charge on any atom is -0.382 e. The number of amides is 1. The maximum absolute atomic E-state index is 10.8. The van der Waals surface area contributed by atoms with Gasteiger partial charge < -0.3 is 29.0 Å². The van der Waals surface area contributed by atoms with Crippen LogP contribution in [0.3, 0.4) is 0 Å². The molecule has 0 saturated carbocycles. The van der Waals surface area contributed by atoms with Gasteiger partial charge in [-0.05, 0) is 13.3 Å². The van der Waals surface area contributed by atoms with E-state index in [1.807, 2.05) is 6.92 Å². The van der Waals surface area contributed by atoms with Crippen molar-refractivity contribution < 1.29 is 28.5 Å². The van der Waals surface area contributed by atoms with E-state index in [4.69, 9.17) is 23.7 Å². The first-order chi connectivity index (χ1) is 10.3. The van der Waals surface area contributed by atoms with Gasteiger partial charge in [-0.25, -0.2) is 0 Å². The van der Waals surface area contributed by atoms with Crippen molar-refractivity contribution in [1.29, 1.82) is 0 Å². The Hall–Kier alpha value is -0.730. The van der Waals surface area contributed by atoms with Gasteiger partial charge >= 0.3 is 0 Å². The van der Waals surface area contributed by atoms with E-state index in [1.54, 1.807) is 7.05 Å². The van der Waals surface area contributed by atoms with Crippen LogP contribution in [0.15, 0.2) is 0 Å². The molecule has 126 valence electrons. The lowest BCUT2D eigenvalue weighted by atomic mass is 10.5. The van der Waals surface area contributed by atoms with Gasteiger partial charge in [0.25, 0.3) is 0 Å². The van der Waals surface area contributed by atoms with Gasteiger partial charge in [-0.1, -0.05) is 0 Å². The predicted molar refractivity (Wildman–Crippen MR) is 78.5 cm³/mol. The highest BCUT2D eigenvalue weighted by Crippen LogP contribution is 1.86. The molecule has 21 heavy (non-hydrogen) atoms. The average molecular weight is 307 g/mol. The van der Waals surface area contributed by atoms with Crippen LogP contribution in [0.2, 0.25) is 0 Å². The molecule has 0 radical (unpaired) electrons. The van der Waals surface area contributed by atoms with E-state index in [9.17, 15) is 4.79 Å². The fourth-order valence-corrected chi connectivity index (χ4v) is 1.30. The van der Waals surface area contributed by atoms with Crippen LogP contribution in [-0.4, -0.2) is 79.0 Å². The van der Waals surface area contributed by atoms with E-state index < -0.39 is 0 Å². The van der Waals surface area contributed by atoms with Crippen molar-refractivity contribution in [2.75, 3.05) is 73.1 Å². The SMILES string of the molecule is CCOCCCOCCOCCOCCOCC(=O)NC. The van der Waals surface area contributed by atoms with Gasteiger partial charge in [-0.2, -0.15) is 0 Å². The molecule has 0 unspecified atom stereocenters. The quantitative estimate of drug-likeness (QED) is 0.411. The molecule has 0 bridgehead atoms. The second kappa shape index (κ2) is 17.3. The van der Waals surface area contributed by atoms with E-state index in [0.717, 1.165) is 19.6 Å². The van der Waals surface area contributed by atoms with Crippen LogP contribution in [0, 0.1) is 0 Å². The largest absolute Gasteiger partial charge is 0.382 e. The normalized spacial score (nSPS) is 10.8. The molecule has 0 saturated heterocycles. The minimum absolute atomic E-state index is 0.0665. The third-order valence-electron chi connectivity index (χ3n) is 2.41. The topological polar surface area (TPSA) is 75.2 Å². The van der Waals surface area contributed by atoms with Gasteiger partial charge in [0.2, 0.25) is 5.91 Å². The molecule has 0 aromatic rings. The summed E-state index contributed by atoms with van der Waals surface area (Å²) in [6.07, 6.45) is 0.910. The number of carbonyl (C=O) groups excluding carboxylic acids is 1. The number of hydrogen-bond acceptors (Lipinski definition) is 6. The van der Waals surface area contributed by atoms with Crippen molar-refractivity contribution in [3.8, 4) is 0 Å². The van der Waals surface area contributed by atoms with E-state index in [1.165, 1.54) is 0 Å². The van der Waals surface area contributed by atoms with Crippen molar-refractivity contribution in [3.63, 3.8) is 0 Å². The summed E-state index contributed by atoms with van der Waals surface area (Å²) in [5, 5.41) is 2.47. The Morgan fingerprint density at radius 2 is 1.24 bits per heavy atom. The zero-order chi connectivity index (χ0) is 15.6. The number of carbonyl (C=O) groups is 1. The summed E-state index contributed by atoms with van der Waals surface area (Å²) in [4.78, 5) is 10.8. The van der Waals surface area contributed by atoms with E-state index >= 15 is 0 Å². The summed E-state index contributed by atoms with van der Waals surface area (Å²) in [5.74, 6) is -0.139. The summed E-state index contributed by atoms with van der Waals surface area (Å²) in [6, 6.07) is 0. The zero-order valence-corrected chi connectivity index (χ0v) is 13.2. The van der Waals surface area contributed by atoms with Crippen LogP contribution in [0.25, 0.3) is 0 Å². The second-order valence-corrected chi connectivity index (χ2v) is 4.11. The molecule has 0 spiro atoms. The summed E-state index contributed by atoms with van der Waals surface area (Å²) in [7, 11) is 1.57. The first-order valence-corrected chi connectivity index (χ1v) is 7.40. The standard InChI is InChI=1S/C14H29NO6/c1-3-17-5-4-6-18-7-8-19-9-10-20-11-12-21-13-14(16)15-2/h3-13H2,1-2H3,(H,15,16). The van der Waals surface area contributed by atoms with Crippen LogP contribution in [0.5, 0.6) is 0 Å². The Labute approximate surface area is 127 Å². The molecule has 1 N–H and O–H groups in total. The lowest BCUT2D eigenvalue weighted by Crippen LogP contribution is -2.24. The van der Waals surface area contributed by atoms with Crippen LogP contribution in [0.1, 0.15) is 13.3 Å².